The number of anilines is 2. The minimum Gasteiger partial charge on any atom is -0.355 e. The van der Waals surface area contributed by atoms with Gasteiger partial charge in [0.1, 0.15) is 5.69 Å². The second-order valence-corrected chi connectivity index (χ2v) is 6.43. The number of hydrogen-bond acceptors (Lipinski definition) is 3. The highest BCUT2D eigenvalue weighted by Crippen LogP contribution is 2.18. The highest BCUT2D eigenvalue weighted by atomic mass is 16.2. The van der Waals surface area contributed by atoms with Crippen molar-refractivity contribution in [1.29, 1.82) is 0 Å². The molecule has 0 atom stereocenters. The highest BCUT2D eigenvalue weighted by molar-refractivity contribution is 5.93. The molecule has 3 rings (SSSR count). The molecule has 1 amide bonds. The first-order chi connectivity index (χ1) is 12.6. The molecule has 0 bridgehead atoms. The molecule has 4 nitrogen and oxygen atoms in total. The minimum atomic E-state index is -0.0689. The minimum absolute atomic E-state index is 0.0689. The first kappa shape index (κ1) is 17.7. The molecule has 0 aliphatic carbocycles. The summed E-state index contributed by atoms with van der Waals surface area (Å²) in [5.41, 5.74) is 3.36. The van der Waals surface area contributed by atoms with Crippen molar-refractivity contribution in [2.75, 3.05) is 5.32 Å². The molecule has 26 heavy (non-hydrogen) atoms. The number of rotatable bonds is 6. The van der Waals surface area contributed by atoms with E-state index in [0.717, 1.165) is 16.9 Å². The summed E-state index contributed by atoms with van der Waals surface area (Å²) >= 11 is 0. The van der Waals surface area contributed by atoms with Crippen LogP contribution in [0.4, 0.5) is 11.4 Å². The number of pyridine rings is 1. The molecular formula is C22H23N3O. The molecule has 1 heterocycles. The molecule has 0 spiro atoms. The van der Waals surface area contributed by atoms with Crippen molar-refractivity contribution in [1.82, 2.24) is 9.88 Å². The zero-order chi connectivity index (χ0) is 18.4. The van der Waals surface area contributed by atoms with Gasteiger partial charge in [0, 0.05) is 30.2 Å². The third-order valence-electron chi connectivity index (χ3n) is 4.12. The van der Waals surface area contributed by atoms with Crippen molar-refractivity contribution in [3.8, 4) is 0 Å². The molecule has 0 aliphatic rings. The topological polar surface area (TPSA) is 45.2 Å². The Morgan fingerprint density at radius 1 is 0.962 bits per heavy atom. The van der Waals surface area contributed by atoms with Crippen molar-refractivity contribution in [2.45, 2.75) is 26.4 Å². The average Bonchev–Trinajstić information content (AvgIpc) is 2.67. The van der Waals surface area contributed by atoms with E-state index >= 15 is 0 Å². The highest BCUT2D eigenvalue weighted by Gasteiger charge is 2.20. The van der Waals surface area contributed by atoms with Gasteiger partial charge in [-0.1, -0.05) is 48.5 Å². The molecule has 1 aromatic heterocycles. The molecule has 0 saturated carbocycles. The van der Waals surface area contributed by atoms with Crippen molar-refractivity contribution in [3.05, 3.63) is 90.3 Å². The molecule has 0 aliphatic heterocycles. The Morgan fingerprint density at radius 3 is 2.27 bits per heavy atom. The maximum atomic E-state index is 13.0. The van der Waals surface area contributed by atoms with E-state index in [1.807, 2.05) is 85.5 Å². The lowest BCUT2D eigenvalue weighted by Crippen LogP contribution is -2.36. The maximum Gasteiger partial charge on any atom is 0.273 e. The first-order valence-electron chi connectivity index (χ1n) is 8.76. The number of carbonyl (C=O) groups excluding carboxylic acids is 1. The third-order valence-corrected chi connectivity index (χ3v) is 4.12. The molecule has 0 saturated heterocycles. The molecule has 2 aromatic carbocycles. The Balaban J connectivity index is 1.79. The second-order valence-electron chi connectivity index (χ2n) is 6.43. The van der Waals surface area contributed by atoms with Gasteiger partial charge in [-0.3, -0.25) is 9.78 Å². The van der Waals surface area contributed by atoms with E-state index in [1.54, 1.807) is 12.3 Å². The van der Waals surface area contributed by atoms with E-state index in [-0.39, 0.29) is 11.9 Å². The predicted octanol–water partition coefficient (Wildman–Crippen LogP) is 4.88. The summed E-state index contributed by atoms with van der Waals surface area (Å²) in [4.78, 5) is 19.2. The number of amides is 1. The number of benzene rings is 2. The number of hydrogen-bond donors (Lipinski definition) is 1. The van der Waals surface area contributed by atoms with Crippen LogP contribution in [0.2, 0.25) is 0 Å². The first-order valence-corrected chi connectivity index (χ1v) is 8.76. The standard InChI is InChI=1S/C22H23N3O/c1-17(2)25(16-18-9-5-3-6-10-18)22(26)21-15-20(13-14-23-21)24-19-11-7-4-8-12-19/h3-15,17H,16H2,1-2H3,(H,23,24). The quantitative estimate of drug-likeness (QED) is 0.693. The van der Waals surface area contributed by atoms with Gasteiger partial charge in [-0.15, -0.1) is 0 Å². The SMILES string of the molecule is CC(C)N(Cc1ccccc1)C(=O)c1cc(Nc2ccccc2)ccn1. The zero-order valence-corrected chi connectivity index (χ0v) is 15.1. The monoisotopic (exact) mass is 345 g/mol. The molecule has 0 unspecified atom stereocenters. The largest absolute Gasteiger partial charge is 0.355 e. The Labute approximate surface area is 154 Å². The Morgan fingerprint density at radius 2 is 1.62 bits per heavy atom. The Kier molecular flexibility index (Phi) is 5.64. The molecule has 0 radical (unpaired) electrons. The number of nitrogens with zero attached hydrogens (tertiary/aromatic N) is 2. The predicted molar refractivity (Wildman–Crippen MR) is 105 cm³/mol. The summed E-state index contributed by atoms with van der Waals surface area (Å²) in [6.07, 6.45) is 1.67. The van der Waals surface area contributed by atoms with E-state index in [1.165, 1.54) is 0 Å². The van der Waals surface area contributed by atoms with Crippen molar-refractivity contribution in [3.63, 3.8) is 0 Å². The number of para-hydroxylation sites is 1. The Hall–Kier alpha value is -3.14. The van der Waals surface area contributed by atoms with E-state index in [2.05, 4.69) is 10.3 Å². The van der Waals surface area contributed by atoms with Gasteiger partial charge in [0.05, 0.1) is 0 Å². The lowest BCUT2D eigenvalue weighted by molar-refractivity contribution is 0.0684. The summed E-state index contributed by atoms with van der Waals surface area (Å²) < 4.78 is 0. The van der Waals surface area contributed by atoms with Gasteiger partial charge >= 0.3 is 0 Å². The van der Waals surface area contributed by atoms with Crippen LogP contribution in [0.1, 0.15) is 29.9 Å². The summed E-state index contributed by atoms with van der Waals surface area (Å²) in [5, 5.41) is 3.31. The fourth-order valence-electron chi connectivity index (χ4n) is 2.73. The van der Waals surface area contributed by atoms with E-state index < -0.39 is 0 Å². The van der Waals surface area contributed by atoms with Crippen LogP contribution >= 0.6 is 0 Å². The average molecular weight is 345 g/mol. The second kappa shape index (κ2) is 8.30. The molecule has 1 N–H and O–H groups in total. The lowest BCUT2D eigenvalue weighted by Gasteiger charge is -2.26. The van der Waals surface area contributed by atoms with Crippen molar-refractivity contribution >= 4 is 17.3 Å². The van der Waals surface area contributed by atoms with Crippen LogP contribution in [0.5, 0.6) is 0 Å². The molecular weight excluding hydrogens is 322 g/mol. The molecule has 3 aromatic rings. The summed E-state index contributed by atoms with van der Waals surface area (Å²) in [6.45, 7) is 4.61. The summed E-state index contributed by atoms with van der Waals surface area (Å²) in [6, 6.07) is 23.6. The van der Waals surface area contributed by atoms with Gasteiger partial charge in [-0.2, -0.15) is 0 Å². The molecule has 4 heteroatoms. The van der Waals surface area contributed by atoms with Crippen LogP contribution < -0.4 is 5.32 Å². The number of nitrogens with one attached hydrogen (secondary N) is 1. The van der Waals surface area contributed by atoms with Crippen LogP contribution in [0, 0.1) is 0 Å². The normalized spacial score (nSPS) is 10.6. The van der Waals surface area contributed by atoms with E-state index in [9.17, 15) is 4.79 Å². The van der Waals surface area contributed by atoms with Gasteiger partial charge in [-0.25, -0.2) is 0 Å². The molecule has 132 valence electrons. The molecule has 0 fully saturated rings. The third kappa shape index (κ3) is 4.48. The van der Waals surface area contributed by atoms with Crippen LogP contribution in [0.25, 0.3) is 0 Å². The fraction of sp³-hybridized carbons (Fsp3) is 0.182. The van der Waals surface area contributed by atoms with Crippen LogP contribution in [0.3, 0.4) is 0 Å². The Bertz CT molecular complexity index is 848. The summed E-state index contributed by atoms with van der Waals surface area (Å²) in [7, 11) is 0. The fourth-order valence-corrected chi connectivity index (χ4v) is 2.73. The van der Waals surface area contributed by atoms with Crippen LogP contribution in [-0.4, -0.2) is 21.8 Å². The zero-order valence-electron chi connectivity index (χ0n) is 15.1. The number of carbonyl (C=O) groups is 1. The lowest BCUT2D eigenvalue weighted by atomic mass is 10.1. The van der Waals surface area contributed by atoms with Gasteiger partial charge in [-0.05, 0) is 43.7 Å². The smallest absolute Gasteiger partial charge is 0.273 e. The summed E-state index contributed by atoms with van der Waals surface area (Å²) in [5.74, 6) is -0.0689. The van der Waals surface area contributed by atoms with Gasteiger partial charge in [0.25, 0.3) is 5.91 Å². The van der Waals surface area contributed by atoms with Crippen LogP contribution in [0.15, 0.2) is 79.0 Å². The van der Waals surface area contributed by atoms with Crippen molar-refractivity contribution in [2.24, 2.45) is 0 Å². The van der Waals surface area contributed by atoms with Crippen LogP contribution in [-0.2, 0) is 6.54 Å². The van der Waals surface area contributed by atoms with Gasteiger partial charge < -0.3 is 10.2 Å². The van der Waals surface area contributed by atoms with E-state index in [0.29, 0.717) is 12.2 Å². The van der Waals surface area contributed by atoms with E-state index in [4.69, 9.17) is 0 Å². The number of aromatic nitrogens is 1. The van der Waals surface area contributed by atoms with Gasteiger partial charge in [0.2, 0.25) is 0 Å². The van der Waals surface area contributed by atoms with Crippen molar-refractivity contribution < 1.29 is 4.79 Å². The maximum absolute atomic E-state index is 13.0. The van der Waals surface area contributed by atoms with Gasteiger partial charge in [0.15, 0.2) is 0 Å².